The summed E-state index contributed by atoms with van der Waals surface area (Å²) in [5.74, 6) is 0.498. The van der Waals surface area contributed by atoms with Gasteiger partial charge in [-0.1, -0.05) is 25.1 Å². The zero-order chi connectivity index (χ0) is 23.1. The van der Waals surface area contributed by atoms with Gasteiger partial charge in [0.25, 0.3) is 5.91 Å². The molecule has 1 aliphatic rings. The molecule has 3 rings (SSSR count). The molecule has 0 aliphatic carbocycles. The molecule has 3 amide bonds. The highest BCUT2D eigenvalue weighted by Gasteiger charge is 2.25. The van der Waals surface area contributed by atoms with Gasteiger partial charge in [-0.3, -0.25) is 4.79 Å². The SMILES string of the molecule is CO[C@@H]1CN(C)C(=O)c2ccc(NC(=O)Nc3ccccc3)cc2OC[C@@H](C)NC[C@@H]1C. The van der Waals surface area contributed by atoms with Crippen LogP contribution in [0.5, 0.6) is 5.75 Å². The van der Waals surface area contributed by atoms with E-state index in [9.17, 15) is 9.59 Å². The number of carbonyl (C=O) groups excluding carboxylic acids is 2. The lowest BCUT2D eigenvalue weighted by Crippen LogP contribution is -2.44. The summed E-state index contributed by atoms with van der Waals surface area (Å²) in [6, 6.07) is 13.9. The molecule has 8 heteroatoms. The van der Waals surface area contributed by atoms with Crippen LogP contribution in [0.2, 0.25) is 0 Å². The Hall–Kier alpha value is -3.10. The van der Waals surface area contributed by atoms with Crippen LogP contribution in [0.15, 0.2) is 48.5 Å². The number of para-hydroxylation sites is 1. The quantitative estimate of drug-likeness (QED) is 0.680. The van der Waals surface area contributed by atoms with Gasteiger partial charge in [0, 0.05) is 50.7 Å². The Morgan fingerprint density at radius 3 is 2.56 bits per heavy atom. The molecule has 172 valence electrons. The number of methoxy groups -OCH3 is 1. The Labute approximate surface area is 189 Å². The van der Waals surface area contributed by atoms with Crippen LogP contribution < -0.4 is 20.7 Å². The number of hydrogen-bond donors (Lipinski definition) is 3. The number of carbonyl (C=O) groups is 2. The van der Waals surface area contributed by atoms with E-state index in [1.807, 2.05) is 25.1 Å². The number of amides is 3. The third-order valence-electron chi connectivity index (χ3n) is 5.52. The van der Waals surface area contributed by atoms with Gasteiger partial charge in [0.15, 0.2) is 0 Å². The number of ether oxygens (including phenoxy) is 2. The molecule has 0 saturated carbocycles. The Kier molecular flexibility index (Phi) is 8.08. The van der Waals surface area contributed by atoms with Gasteiger partial charge < -0.3 is 30.3 Å². The van der Waals surface area contributed by atoms with Crippen molar-refractivity contribution in [2.24, 2.45) is 5.92 Å². The fourth-order valence-electron chi connectivity index (χ4n) is 3.55. The maximum atomic E-state index is 13.2. The average Bonchev–Trinajstić information content (AvgIpc) is 2.79. The van der Waals surface area contributed by atoms with Crippen molar-refractivity contribution in [2.45, 2.75) is 26.0 Å². The molecule has 0 spiro atoms. The van der Waals surface area contributed by atoms with Crippen LogP contribution in [0, 0.1) is 5.92 Å². The first-order valence-corrected chi connectivity index (χ1v) is 10.8. The van der Waals surface area contributed by atoms with E-state index in [-0.39, 0.29) is 30.0 Å². The second-order valence-electron chi connectivity index (χ2n) is 8.21. The molecule has 0 unspecified atom stereocenters. The summed E-state index contributed by atoms with van der Waals surface area (Å²) in [5, 5.41) is 9.03. The first kappa shape index (κ1) is 23.6. The fraction of sp³-hybridized carbons (Fsp3) is 0.417. The third kappa shape index (κ3) is 6.21. The van der Waals surface area contributed by atoms with Gasteiger partial charge >= 0.3 is 6.03 Å². The molecule has 2 aromatic carbocycles. The maximum Gasteiger partial charge on any atom is 0.323 e. The van der Waals surface area contributed by atoms with Crippen molar-refractivity contribution in [3.05, 3.63) is 54.1 Å². The molecule has 1 heterocycles. The van der Waals surface area contributed by atoms with E-state index in [2.05, 4.69) is 22.9 Å². The zero-order valence-corrected chi connectivity index (χ0v) is 19.1. The number of anilines is 2. The summed E-state index contributed by atoms with van der Waals surface area (Å²) < 4.78 is 11.6. The summed E-state index contributed by atoms with van der Waals surface area (Å²) in [6.07, 6.45) is -0.0879. The normalized spacial score (nSPS) is 22.1. The number of nitrogens with zero attached hydrogens (tertiary/aromatic N) is 1. The van der Waals surface area contributed by atoms with Crippen molar-refractivity contribution in [1.29, 1.82) is 0 Å². The fourth-order valence-corrected chi connectivity index (χ4v) is 3.55. The highest BCUT2D eigenvalue weighted by atomic mass is 16.5. The summed E-state index contributed by atoms with van der Waals surface area (Å²) in [5.41, 5.74) is 1.66. The molecule has 0 aromatic heterocycles. The second-order valence-corrected chi connectivity index (χ2v) is 8.21. The minimum absolute atomic E-state index is 0.0769. The minimum Gasteiger partial charge on any atom is -0.491 e. The van der Waals surface area contributed by atoms with E-state index in [1.165, 1.54) is 0 Å². The number of rotatable bonds is 3. The van der Waals surface area contributed by atoms with E-state index < -0.39 is 0 Å². The van der Waals surface area contributed by atoms with Crippen molar-refractivity contribution < 1.29 is 19.1 Å². The minimum atomic E-state index is -0.375. The van der Waals surface area contributed by atoms with Crippen LogP contribution in [-0.2, 0) is 4.74 Å². The lowest BCUT2D eigenvalue weighted by atomic mass is 10.0. The lowest BCUT2D eigenvalue weighted by molar-refractivity contribution is 0.0281. The molecule has 2 aromatic rings. The van der Waals surface area contributed by atoms with Gasteiger partial charge in [0.05, 0.1) is 11.7 Å². The third-order valence-corrected chi connectivity index (χ3v) is 5.52. The van der Waals surface area contributed by atoms with Gasteiger partial charge in [-0.2, -0.15) is 0 Å². The molecule has 3 atom stereocenters. The van der Waals surface area contributed by atoms with Crippen molar-refractivity contribution >= 4 is 23.3 Å². The number of nitrogens with one attached hydrogen (secondary N) is 3. The predicted molar refractivity (Wildman–Crippen MR) is 125 cm³/mol. The van der Waals surface area contributed by atoms with Gasteiger partial charge in [0.1, 0.15) is 12.4 Å². The summed E-state index contributed by atoms with van der Waals surface area (Å²) in [6.45, 7) is 5.73. The summed E-state index contributed by atoms with van der Waals surface area (Å²) >= 11 is 0. The van der Waals surface area contributed by atoms with Gasteiger partial charge in [-0.05, 0) is 37.1 Å². The molecule has 0 bridgehead atoms. The average molecular weight is 441 g/mol. The van der Waals surface area contributed by atoms with E-state index in [0.29, 0.717) is 35.8 Å². The van der Waals surface area contributed by atoms with Crippen LogP contribution in [0.1, 0.15) is 24.2 Å². The summed E-state index contributed by atoms with van der Waals surface area (Å²) in [7, 11) is 3.43. The molecule has 1 aliphatic heterocycles. The lowest BCUT2D eigenvalue weighted by Gasteiger charge is -2.30. The van der Waals surface area contributed by atoms with Crippen LogP contribution in [0.4, 0.5) is 16.2 Å². The standard InChI is InChI=1S/C24H32N4O4/c1-16-13-25-17(2)15-32-21-12-19(27-24(30)26-18-8-6-5-7-9-18)10-11-20(21)23(29)28(3)14-22(16)31-4/h5-12,16-17,22,25H,13-15H2,1-4H3,(H2,26,27,30)/t16-,17+,22+/m0/s1. The van der Waals surface area contributed by atoms with Crippen LogP contribution in [0.3, 0.4) is 0 Å². The van der Waals surface area contributed by atoms with Gasteiger partial charge in [0.2, 0.25) is 0 Å². The number of hydrogen-bond acceptors (Lipinski definition) is 5. The molecular formula is C24H32N4O4. The van der Waals surface area contributed by atoms with Crippen LogP contribution in [0.25, 0.3) is 0 Å². The molecular weight excluding hydrogens is 408 g/mol. The van der Waals surface area contributed by atoms with Crippen LogP contribution in [-0.4, -0.2) is 62.8 Å². The van der Waals surface area contributed by atoms with Crippen molar-refractivity contribution in [2.75, 3.05) is 44.5 Å². The highest BCUT2D eigenvalue weighted by Crippen LogP contribution is 2.26. The topological polar surface area (TPSA) is 91.9 Å². The second kappa shape index (κ2) is 11.0. The molecule has 32 heavy (non-hydrogen) atoms. The molecule has 8 nitrogen and oxygen atoms in total. The van der Waals surface area contributed by atoms with E-state index in [0.717, 1.165) is 6.54 Å². The molecule has 0 saturated heterocycles. The smallest absolute Gasteiger partial charge is 0.323 e. The van der Waals surface area contributed by atoms with E-state index in [1.54, 1.807) is 49.4 Å². The number of likely N-dealkylation sites (N-methyl/N-ethyl adjacent to an activating group) is 1. The first-order chi connectivity index (χ1) is 15.4. The predicted octanol–water partition coefficient (Wildman–Crippen LogP) is 3.42. The number of fused-ring (bicyclic) bond motifs is 1. The Bertz CT molecular complexity index is 921. The molecule has 0 fully saturated rings. The zero-order valence-electron chi connectivity index (χ0n) is 19.1. The van der Waals surface area contributed by atoms with Crippen molar-refractivity contribution in [1.82, 2.24) is 10.2 Å². The van der Waals surface area contributed by atoms with Crippen LogP contribution >= 0.6 is 0 Å². The largest absolute Gasteiger partial charge is 0.491 e. The van der Waals surface area contributed by atoms with Gasteiger partial charge in [-0.25, -0.2) is 4.79 Å². The van der Waals surface area contributed by atoms with Crippen molar-refractivity contribution in [3.8, 4) is 5.75 Å². The highest BCUT2D eigenvalue weighted by molar-refractivity contribution is 6.01. The number of benzene rings is 2. The number of urea groups is 1. The first-order valence-electron chi connectivity index (χ1n) is 10.8. The van der Waals surface area contributed by atoms with Crippen molar-refractivity contribution in [3.63, 3.8) is 0 Å². The Morgan fingerprint density at radius 2 is 1.84 bits per heavy atom. The monoisotopic (exact) mass is 440 g/mol. The molecule has 3 N–H and O–H groups in total. The molecule has 0 radical (unpaired) electrons. The Morgan fingerprint density at radius 1 is 1.12 bits per heavy atom. The maximum absolute atomic E-state index is 13.2. The summed E-state index contributed by atoms with van der Waals surface area (Å²) in [4.78, 5) is 27.2. The van der Waals surface area contributed by atoms with E-state index in [4.69, 9.17) is 9.47 Å². The Balaban J connectivity index is 1.81. The van der Waals surface area contributed by atoms with Gasteiger partial charge in [-0.15, -0.1) is 0 Å². The van der Waals surface area contributed by atoms with E-state index >= 15 is 0 Å².